The topological polar surface area (TPSA) is 55.2 Å². The summed E-state index contributed by atoms with van der Waals surface area (Å²) in [4.78, 5) is 26.3. The Morgan fingerprint density at radius 2 is 1.68 bits per heavy atom. The molecule has 1 aromatic heterocycles. The van der Waals surface area contributed by atoms with Gasteiger partial charge in [0.2, 0.25) is 0 Å². The van der Waals surface area contributed by atoms with Crippen molar-refractivity contribution in [2.24, 2.45) is 7.05 Å². The first-order chi connectivity index (χ1) is 8.93. The van der Waals surface area contributed by atoms with Gasteiger partial charge < -0.3 is 4.90 Å². The van der Waals surface area contributed by atoms with E-state index in [0.29, 0.717) is 24.3 Å². The zero-order chi connectivity index (χ0) is 14.6. The minimum absolute atomic E-state index is 0.414. The summed E-state index contributed by atoms with van der Waals surface area (Å²) in [6.45, 7) is 8.82. The van der Waals surface area contributed by atoms with Crippen molar-refractivity contribution in [1.82, 2.24) is 14.7 Å². The van der Waals surface area contributed by atoms with Crippen LogP contribution in [0.25, 0.3) is 0 Å². The van der Waals surface area contributed by atoms with Crippen LogP contribution in [0.15, 0.2) is 0 Å². The van der Waals surface area contributed by atoms with Gasteiger partial charge in [-0.1, -0.05) is 13.8 Å². The molecule has 0 spiro atoms. The molecular formula is C14H23N3O2. The van der Waals surface area contributed by atoms with Crippen LogP contribution in [0.5, 0.6) is 0 Å². The molecule has 1 heterocycles. The molecule has 106 valence electrons. The smallest absolute Gasteiger partial charge is 0.295 e. The molecule has 0 fully saturated rings. The molecular weight excluding hydrogens is 242 g/mol. The van der Waals surface area contributed by atoms with Gasteiger partial charge in [0, 0.05) is 25.8 Å². The molecule has 0 aliphatic rings. The van der Waals surface area contributed by atoms with Crippen molar-refractivity contribution in [3.8, 4) is 0 Å². The molecule has 0 radical (unpaired) electrons. The van der Waals surface area contributed by atoms with Crippen LogP contribution in [-0.4, -0.2) is 39.5 Å². The van der Waals surface area contributed by atoms with E-state index in [0.717, 1.165) is 18.5 Å². The predicted octanol–water partition coefficient (Wildman–Crippen LogP) is 1.87. The summed E-state index contributed by atoms with van der Waals surface area (Å²) in [6, 6.07) is 0. The number of carbonyl (C=O) groups excluding carboxylic acids is 2. The van der Waals surface area contributed by atoms with Gasteiger partial charge in [-0.3, -0.25) is 14.3 Å². The van der Waals surface area contributed by atoms with Crippen LogP contribution in [0, 0.1) is 13.8 Å². The van der Waals surface area contributed by atoms with Gasteiger partial charge in [-0.15, -0.1) is 0 Å². The van der Waals surface area contributed by atoms with Crippen molar-refractivity contribution in [3.63, 3.8) is 0 Å². The van der Waals surface area contributed by atoms with E-state index in [4.69, 9.17) is 0 Å². The van der Waals surface area contributed by atoms with Crippen molar-refractivity contribution in [1.29, 1.82) is 0 Å². The monoisotopic (exact) mass is 265 g/mol. The lowest BCUT2D eigenvalue weighted by atomic mass is 10.1. The first kappa shape index (κ1) is 15.4. The largest absolute Gasteiger partial charge is 0.336 e. The number of rotatable bonds is 6. The Balaban J connectivity index is 3.01. The van der Waals surface area contributed by atoms with Crippen LogP contribution in [-0.2, 0) is 11.8 Å². The van der Waals surface area contributed by atoms with Gasteiger partial charge in [-0.2, -0.15) is 5.10 Å². The standard InChI is InChI=1S/C14H23N3O2/c1-6-8-17(9-7-2)14(19)13(18)12-10(3)15-16(5)11(12)4/h6-9H2,1-5H3. The fourth-order valence-corrected chi connectivity index (χ4v) is 2.21. The molecule has 0 saturated carbocycles. The highest BCUT2D eigenvalue weighted by Crippen LogP contribution is 2.14. The number of Topliss-reactive ketones (excluding diaryl/α,β-unsaturated/α-hetero) is 1. The molecule has 0 aliphatic carbocycles. The summed E-state index contributed by atoms with van der Waals surface area (Å²) in [7, 11) is 1.78. The third kappa shape index (κ3) is 3.22. The molecule has 5 nitrogen and oxygen atoms in total. The molecule has 0 atom stereocenters. The predicted molar refractivity (Wildman–Crippen MR) is 74.2 cm³/mol. The van der Waals surface area contributed by atoms with Crippen molar-refractivity contribution < 1.29 is 9.59 Å². The molecule has 1 amide bonds. The van der Waals surface area contributed by atoms with Crippen molar-refractivity contribution in [2.45, 2.75) is 40.5 Å². The number of hydrogen-bond acceptors (Lipinski definition) is 3. The number of hydrogen-bond donors (Lipinski definition) is 0. The van der Waals surface area contributed by atoms with Crippen LogP contribution in [0.1, 0.15) is 48.4 Å². The summed E-state index contributed by atoms with van der Waals surface area (Å²) in [5.74, 6) is -0.854. The maximum absolute atomic E-state index is 12.3. The van der Waals surface area contributed by atoms with Gasteiger partial charge in [0.1, 0.15) is 0 Å². The summed E-state index contributed by atoms with van der Waals surface area (Å²) >= 11 is 0. The Morgan fingerprint density at radius 3 is 2.05 bits per heavy atom. The number of aromatic nitrogens is 2. The van der Waals surface area contributed by atoms with E-state index >= 15 is 0 Å². The van der Waals surface area contributed by atoms with Gasteiger partial charge in [-0.25, -0.2) is 0 Å². The Labute approximate surface area is 114 Å². The highest BCUT2D eigenvalue weighted by Gasteiger charge is 2.27. The third-order valence-corrected chi connectivity index (χ3v) is 3.20. The number of carbonyl (C=O) groups is 2. The normalized spacial score (nSPS) is 10.6. The van der Waals surface area contributed by atoms with Crippen molar-refractivity contribution in [3.05, 3.63) is 17.0 Å². The van der Waals surface area contributed by atoms with Crippen molar-refractivity contribution in [2.75, 3.05) is 13.1 Å². The van der Waals surface area contributed by atoms with Gasteiger partial charge in [0.05, 0.1) is 11.3 Å². The second-order valence-corrected chi connectivity index (χ2v) is 4.79. The maximum Gasteiger partial charge on any atom is 0.295 e. The van der Waals surface area contributed by atoms with Crippen LogP contribution >= 0.6 is 0 Å². The summed E-state index contributed by atoms with van der Waals surface area (Å²) in [6.07, 6.45) is 1.70. The molecule has 0 N–H and O–H groups in total. The van der Waals surface area contributed by atoms with Gasteiger partial charge >= 0.3 is 0 Å². The number of aryl methyl sites for hydroxylation is 2. The Bertz CT molecular complexity index is 471. The van der Waals surface area contributed by atoms with E-state index in [2.05, 4.69) is 5.10 Å². The third-order valence-electron chi connectivity index (χ3n) is 3.20. The van der Waals surface area contributed by atoms with Gasteiger partial charge in [0.25, 0.3) is 11.7 Å². The lowest BCUT2D eigenvalue weighted by molar-refractivity contribution is -0.126. The first-order valence-corrected chi connectivity index (χ1v) is 6.77. The maximum atomic E-state index is 12.3. The zero-order valence-electron chi connectivity index (χ0n) is 12.5. The molecule has 0 aromatic carbocycles. The highest BCUT2D eigenvalue weighted by atomic mass is 16.2. The molecule has 0 bridgehead atoms. The lowest BCUT2D eigenvalue weighted by Gasteiger charge is -2.20. The molecule has 0 unspecified atom stereocenters. The van der Waals surface area contributed by atoms with E-state index in [9.17, 15) is 9.59 Å². The number of nitrogens with zero attached hydrogens (tertiary/aromatic N) is 3. The first-order valence-electron chi connectivity index (χ1n) is 6.77. The molecule has 5 heteroatoms. The fraction of sp³-hybridized carbons (Fsp3) is 0.643. The molecule has 0 saturated heterocycles. The Hall–Kier alpha value is -1.65. The molecule has 1 rings (SSSR count). The van der Waals surface area contributed by atoms with Crippen LogP contribution in [0.2, 0.25) is 0 Å². The van der Waals surface area contributed by atoms with E-state index < -0.39 is 11.7 Å². The average Bonchev–Trinajstić information content (AvgIpc) is 2.61. The SMILES string of the molecule is CCCN(CCC)C(=O)C(=O)c1c(C)nn(C)c1C. The van der Waals surface area contributed by atoms with E-state index in [-0.39, 0.29) is 0 Å². The van der Waals surface area contributed by atoms with E-state index in [1.165, 1.54) is 0 Å². The Morgan fingerprint density at radius 1 is 1.16 bits per heavy atom. The van der Waals surface area contributed by atoms with Crippen LogP contribution < -0.4 is 0 Å². The minimum atomic E-state index is -0.440. The molecule has 0 aliphatic heterocycles. The Kier molecular flexibility index (Phi) is 5.27. The summed E-state index contributed by atoms with van der Waals surface area (Å²) < 4.78 is 1.64. The van der Waals surface area contributed by atoms with Gasteiger partial charge in [-0.05, 0) is 26.7 Å². The number of amides is 1. The number of ketones is 1. The average molecular weight is 265 g/mol. The van der Waals surface area contributed by atoms with Gasteiger partial charge in [0.15, 0.2) is 0 Å². The summed E-state index contributed by atoms with van der Waals surface area (Å²) in [5.41, 5.74) is 1.81. The molecule has 1 aromatic rings. The second-order valence-electron chi connectivity index (χ2n) is 4.79. The highest BCUT2D eigenvalue weighted by molar-refractivity contribution is 6.43. The van der Waals surface area contributed by atoms with Crippen LogP contribution in [0.4, 0.5) is 0 Å². The van der Waals surface area contributed by atoms with Crippen molar-refractivity contribution >= 4 is 11.7 Å². The van der Waals surface area contributed by atoms with Crippen LogP contribution in [0.3, 0.4) is 0 Å². The second kappa shape index (κ2) is 6.50. The summed E-state index contributed by atoms with van der Waals surface area (Å²) in [5, 5.41) is 4.19. The minimum Gasteiger partial charge on any atom is -0.336 e. The quantitative estimate of drug-likeness (QED) is 0.583. The molecule has 19 heavy (non-hydrogen) atoms. The van der Waals surface area contributed by atoms with E-state index in [1.54, 1.807) is 23.6 Å². The van der Waals surface area contributed by atoms with E-state index in [1.807, 2.05) is 20.8 Å². The zero-order valence-corrected chi connectivity index (χ0v) is 12.5. The lowest BCUT2D eigenvalue weighted by Crippen LogP contribution is -2.38. The fourth-order valence-electron chi connectivity index (χ4n) is 2.21.